The zero-order valence-corrected chi connectivity index (χ0v) is 30.3. The van der Waals surface area contributed by atoms with Crippen LogP contribution in [0.4, 0.5) is 0 Å². The molecule has 5 aromatic rings. The Morgan fingerprint density at radius 2 is 0.796 bits per heavy atom. The number of esters is 4. The van der Waals surface area contributed by atoms with E-state index in [1.165, 1.54) is 0 Å². The molecular weight excluding hydrogens is 688 g/mol. The third kappa shape index (κ3) is 7.23. The van der Waals surface area contributed by atoms with E-state index in [4.69, 9.17) is 18.9 Å². The van der Waals surface area contributed by atoms with E-state index in [-0.39, 0.29) is 48.7 Å². The second-order valence-electron chi connectivity index (χ2n) is 12.2. The highest BCUT2D eigenvalue weighted by Gasteiger charge is 2.28. The molecule has 0 bridgehead atoms. The lowest BCUT2D eigenvalue weighted by Gasteiger charge is -2.21. The number of unbranched alkanes of at least 4 members (excludes halogenated alkanes) is 4. The Morgan fingerprint density at radius 1 is 0.449 bits per heavy atom. The fraction of sp³-hybridized carbons (Fsp3) is 0.400. The average Bonchev–Trinajstić information content (AvgIpc) is 3.10. The van der Waals surface area contributed by atoms with Gasteiger partial charge in [0.2, 0.25) is 0 Å². The van der Waals surface area contributed by atoms with Crippen LogP contribution in [0.25, 0.3) is 43.1 Å². The molecule has 0 radical (unpaired) electrons. The zero-order chi connectivity index (χ0) is 35.1. The third-order valence-electron chi connectivity index (χ3n) is 8.76. The van der Waals surface area contributed by atoms with Crippen molar-refractivity contribution < 1.29 is 38.1 Å². The maximum atomic E-state index is 13.6. The SMILES string of the molecule is CCCCOC(=O)c1ccc2c3ccc(C(=O)OCCCC)c4c(C(=O)OCCCC)cc(Br)c(c5ccc(C(=O)OCCCC)c1c25)c43. The van der Waals surface area contributed by atoms with Gasteiger partial charge in [0.05, 0.1) is 48.7 Å². The van der Waals surface area contributed by atoms with Crippen LogP contribution in [0.1, 0.15) is 120 Å². The summed E-state index contributed by atoms with van der Waals surface area (Å²) in [4.78, 5) is 54.4. The molecular formula is C40H43BrO8. The van der Waals surface area contributed by atoms with Gasteiger partial charge < -0.3 is 18.9 Å². The van der Waals surface area contributed by atoms with Gasteiger partial charge in [-0.05, 0) is 71.5 Å². The summed E-state index contributed by atoms with van der Waals surface area (Å²) in [5.41, 5.74) is 1.04. The molecule has 5 aromatic carbocycles. The minimum Gasteiger partial charge on any atom is -0.462 e. The molecule has 0 saturated heterocycles. The third-order valence-corrected chi connectivity index (χ3v) is 9.38. The van der Waals surface area contributed by atoms with Crippen LogP contribution in [-0.2, 0) is 18.9 Å². The second-order valence-corrected chi connectivity index (χ2v) is 13.1. The van der Waals surface area contributed by atoms with E-state index >= 15 is 0 Å². The lowest BCUT2D eigenvalue weighted by Crippen LogP contribution is -2.13. The van der Waals surface area contributed by atoms with Crippen LogP contribution in [0, 0.1) is 0 Å². The molecule has 8 nitrogen and oxygen atoms in total. The summed E-state index contributed by atoms with van der Waals surface area (Å²) in [6, 6.07) is 12.2. The second kappa shape index (κ2) is 16.4. The molecule has 9 heteroatoms. The van der Waals surface area contributed by atoms with E-state index in [9.17, 15) is 19.2 Å². The van der Waals surface area contributed by atoms with Gasteiger partial charge in [-0.15, -0.1) is 0 Å². The smallest absolute Gasteiger partial charge is 0.338 e. The van der Waals surface area contributed by atoms with Gasteiger partial charge in [-0.3, -0.25) is 0 Å². The molecule has 0 spiro atoms. The Morgan fingerprint density at radius 3 is 1.20 bits per heavy atom. The van der Waals surface area contributed by atoms with Crippen LogP contribution >= 0.6 is 15.9 Å². The van der Waals surface area contributed by atoms with Gasteiger partial charge in [-0.2, -0.15) is 0 Å². The zero-order valence-electron chi connectivity index (χ0n) is 28.7. The molecule has 0 heterocycles. The van der Waals surface area contributed by atoms with Crippen LogP contribution in [0.5, 0.6) is 0 Å². The summed E-state index contributed by atoms with van der Waals surface area (Å²) >= 11 is 3.75. The fourth-order valence-electron chi connectivity index (χ4n) is 6.17. The van der Waals surface area contributed by atoms with Gasteiger partial charge >= 0.3 is 23.9 Å². The molecule has 5 rings (SSSR count). The van der Waals surface area contributed by atoms with E-state index in [0.29, 0.717) is 51.7 Å². The molecule has 0 saturated carbocycles. The summed E-state index contributed by atoms with van der Waals surface area (Å²) in [6.45, 7) is 9.10. The molecule has 0 unspecified atom stereocenters. The number of carbonyl (C=O) groups is 4. The summed E-state index contributed by atoms with van der Waals surface area (Å²) in [7, 11) is 0. The van der Waals surface area contributed by atoms with Gasteiger partial charge in [0, 0.05) is 26.0 Å². The quantitative estimate of drug-likeness (QED) is 0.0325. The van der Waals surface area contributed by atoms with Crippen molar-refractivity contribution in [2.75, 3.05) is 26.4 Å². The first kappa shape index (κ1) is 36.1. The number of rotatable bonds is 16. The summed E-state index contributed by atoms with van der Waals surface area (Å²) < 4.78 is 23.2. The van der Waals surface area contributed by atoms with Crippen molar-refractivity contribution in [3.63, 3.8) is 0 Å². The fourth-order valence-corrected chi connectivity index (χ4v) is 6.81. The van der Waals surface area contributed by atoms with E-state index < -0.39 is 23.9 Å². The highest BCUT2D eigenvalue weighted by Crippen LogP contribution is 2.47. The summed E-state index contributed by atoms with van der Waals surface area (Å²) in [5, 5.41) is 5.15. The van der Waals surface area contributed by atoms with Gasteiger partial charge in [-0.1, -0.05) is 87.5 Å². The predicted molar refractivity (Wildman–Crippen MR) is 196 cm³/mol. The number of ether oxygens (including phenoxy) is 4. The van der Waals surface area contributed by atoms with Gasteiger partial charge in [0.25, 0.3) is 0 Å². The average molecular weight is 732 g/mol. The van der Waals surface area contributed by atoms with Crippen molar-refractivity contribution in [2.24, 2.45) is 0 Å². The number of benzene rings is 5. The first-order valence-corrected chi connectivity index (χ1v) is 18.2. The number of carbonyl (C=O) groups excluding carboxylic acids is 4. The highest BCUT2D eigenvalue weighted by atomic mass is 79.9. The number of hydrogen-bond acceptors (Lipinski definition) is 8. The Bertz CT molecular complexity index is 1990. The number of hydrogen-bond donors (Lipinski definition) is 0. The largest absolute Gasteiger partial charge is 0.462 e. The van der Waals surface area contributed by atoms with Crippen molar-refractivity contribution in [2.45, 2.75) is 79.1 Å². The summed E-state index contributed by atoms with van der Waals surface area (Å²) in [5.74, 6) is -2.11. The van der Waals surface area contributed by atoms with Crippen LogP contribution in [0.15, 0.2) is 46.9 Å². The topological polar surface area (TPSA) is 105 Å². The Balaban J connectivity index is 1.87. The highest BCUT2D eigenvalue weighted by molar-refractivity contribution is 9.10. The van der Waals surface area contributed by atoms with Crippen LogP contribution in [0.2, 0.25) is 0 Å². The molecule has 0 aliphatic rings. The molecule has 49 heavy (non-hydrogen) atoms. The van der Waals surface area contributed by atoms with Crippen molar-refractivity contribution in [3.05, 3.63) is 69.2 Å². The van der Waals surface area contributed by atoms with Crippen LogP contribution < -0.4 is 0 Å². The van der Waals surface area contributed by atoms with E-state index in [1.54, 1.807) is 24.3 Å². The molecule has 0 aliphatic carbocycles. The van der Waals surface area contributed by atoms with E-state index in [0.717, 1.165) is 47.2 Å². The van der Waals surface area contributed by atoms with Crippen molar-refractivity contribution >= 4 is 82.9 Å². The number of fused-ring (bicyclic) bond motifs is 2. The predicted octanol–water partition coefficient (Wildman–Crippen LogP) is 10.3. The van der Waals surface area contributed by atoms with Crippen molar-refractivity contribution in [1.29, 1.82) is 0 Å². The Labute approximate surface area is 294 Å². The lowest BCUT2D eigenvalue weighted by atomic mass is 9.84. The normalized spacial score (nSPS) is 11.4. The minimum atomic E-state index is -0.535. The molecule has 0 fully saturated rings. The number of halogens is 1. The van der Waals surface area contributed by atoms with Crippen LogP contribution in [-0.4, -0.2) is 50.3 Å². The molecule has 0 atom stereocenters. The first-order chi connectivity index (χ1) is 23.8. The van der Waals surface area contributed by atoms with Gasteiger partial charge in [0.1, 0.15) is 0 Å². The first-order valence-electron chi connectivity index (χ1n) is 17.4. The van der Waals surface area contributed by atoms with Gasteiger partial charge in [0.15, 0.2) is 0 Å². The van der Waals surface area contributed by atoms with E-state index in [2.05, 4.69) is 15.9 Å². The van der Waals surface area contributed by atoms with E-state index in [1.807, 2.05) is 45.9 Å². The summed E-state index contributed by atoms with van der Waals surface area (Å²) in [6.07, 6.45) is 6.31. The molecule has 0 aliphatic heterocycles. The maximum Gasteiger partial charge on any atom is 0.338 e. The monoisotopic (exact) mass is 730 g/mol. The standard InChI is InChI=1S/C40H43BrO8/c1-5-9-19-46-37(42)27-16-13-24-25-14-17-29(39(44)48-21-11-7-3)34-30(40(45)49-22-12-8-4)23-31(41)35(36(25)34)26-15-18-28(33(27)32(24)26)38(43)47-20-10-6-2/h13-18,23H,5-12,19-22H2,1-4H3. The Kier molecular flexibility index (Phi) is 12.1. The minimum absolute atomic E-state index is 0.248. The maximum absolute atomic E-state index is 13.6. The molecule has 0 aromatic heterocycles. The van der Waals surface area contributed by atoms with Crippen LogP contribution in [0.3, 0.4) is 0 Å². The molecule has 258 valence electrons. The van der Waals surface area contributed by atoms with Crippen molar-refractivity contribution in [3.8, 4) is 0 Å². The van der Waals surface area contributed by atoms with Gasteiger partial charge in [-0.25, -0.2) is 19.2 Å². The lowest BCUT2D eigenvalue weighted by molar-refractivity contribution is 0.0485. The van der Waals surface area contributed by atoms with Crippen molar-refractivity contribution in [1.82, 2.24) is 0 Å². The molecule has 0 amide bonds. The molecule has 0 N–H and O–H groups in total. The Hall–Kier alpha value is -4.24.